The van der Waals surface area contributed by atoms with Crippen LogP contribution in [0.3, 0.4) is 0 Å². The number of aliphatic hydroxyl groups excluding tert-OH is 2. The van der Waals surface area contributed by atoms with Crippen molar-refractivity contribution in [2.24, 2.45) is 0 Å². The van der Waals surface area contributed by atoms with Crippen molar-refractivity contribution in [2.45, 2.75) is 31.7 Å². The van der Waals surface area contributed by atoms with Crippen molar-refractivity contribution in [1.29, 1.82) is 0 Å². The Morgan fingerprint density at radius 1 is 1.53 bits per heavy atom. The molecule has 0 amide bonds. The number of aliphatic hydroxyl groups is 2. The van der Waals surface area contributed by atoms with E-state index in [4.69, 9.17) is 9.84 Å². The summed E-state index contributed by atoms with van der Waals surface area (Å²) in [7, 11) is 0. The van der Waals surface area contributed by atoms with Crippen LogP contribution in [0.25, 0.3) is 0 Å². The first kappa shape index (κ1) is 12.1. The van der Waals surface area contributed by atoms with Gasteiger partial charge in [0.05, 0.1) is 24.4 Å². The summed E-state index contributed by atoms with van der Waals surface area (Å²) in [6, 6.07) is 1.47. The fourth-order valence-electron chi connectivity index (χ4n) is 1.90. The molecule has 0 saturated carbocycles. The van der Waals surface area contributed by atoms with E-state index in [1.165, 1.54) is 6.07 Å². The SMILES string of the molecule is Cc1cc(C2CC(O)C(CO)O2)c(=O)oc1O. The molecule has 0 bridgehead atoms. The fourth-order valence-corrected chi connectivity index (χ4v) is 1.90. The van der Waals surface area contributed by atoms with E-state index >= 15 is 0 Å². The summed E-state index contributed by atoms with van der Waals surface area (Å²) < 4.78 is 9.97. The van der Waals surface area contributed by atoms with Gasteiger partial charge in [-0.2, -0.15) is 0 Å². The van der Waals surface area contributed by atoms with E-state index in [1.807, 2.05) is 0 Å². The van der Waals surface area contributed by atoms with Gasteiger partial charge < -0.3 is 24.5 Å². The first-order chi connectivity index (χ1) is 8.02. The second-order valence-electron chi connectivity index (χ2n) is 4.13. The van der Waals surface area contributed by atoms with Gasteiger partial charge in [0.1, 0.15) is 6.10 Å². The van der Waals surface area contributed by atoms with Crippen molar-refractivity contribution < 1.29 is 24.5 Å². The summed E-state index contributed by atoms with van der Waals surface area (Å²) >= 11 is 0. The third-order valence-electron chi connectivity index (χ3n) is 2.89. The summed E-state index contributed by atoms with van der Waals surface area (Å²) in [6.45, 7) is 1.29. The molecular weight excluding hydrogens is 228 g/mol. The molecule has 1 saturated heterocycles. The van der Waals surface area contributed by atoms with Gasteiger partial charge in [-0.3, -0.25) is 0 Å². The van der Waals surface area contributed by atoms with Crippen molar-refractivity contribution in [3.63, 3.8) is 0 Å². The van der Waals surface area contributed by atoms with Crippen LogP contribution >= 0.6 is 0 Å². The number of aryl methyl sites for hydroxylation is 1. The van der Waals surface area contributed by atoms with Crippen LogP contribution < -0.4 is 5.63 Å². The molecular formula is C11H14O6. The van der Waals surface area contributed by atoms with Crippen molar-refractivity contribution in [3.05, 3.63) is 27.6 Å². The fraction of sp³-hybridized carbons (Fsp3) is 0.545. The van der Waals surface area contributed by atoms with Crippen molar-refractivity contribution >= 4 is 0 Å². The van der Waals surface area contributed by atoms with Gasteiger partial charge in [0, 0.05) is 12.0 Å². The van der Waals surface area contributed by atoms with E-state index in [9.17, 15) is 15.0 Å². The molecule has 3 N–H and O–H groups in total. The molecule has 6 heteroatoms. The molecule has 1 aromatic heterocycles. The lowest BCUT2D eigenvalue weighted by molar-refractivity contribution is -0.0234. The second-order valence-corrected chi connectivity index (χ2v) is 4.13. The minimum Gasteiger partial charge on any atom is -0.480 e. The highest BCUT2D eigenvalue weighted by atomic mass is 16.5. The maximum absolute atomic E-state index is 11.5. The number of hydrogen-bond donors (Lipinski definition) is 3. The molecule has 0 aromatic carbocycles. The minimum atomic E-state index is -0.807. The van der Waals surface area contributed by atoms with E-state index < -0.39 is 29.9 Å². The molecule has 0 spiro atoms. The van der Waals surface area contributed by atoms with E-state index in [0.717, 1.165) is 0 Å². The lowest BCUT2D eigenvalue weighted by Gasteiger charge is -2.11. The summed E-state index contributed by atoms with van der Waals surface area (Å²) in [5, 5.41) is 27.7. The molecule has 0 aliphatic carbocycles. The van der Waals surface area contributed by atoms with E-state index in [-0.39, 0.29) is 18.6 Å². The maximum atomic E-state index is 11.5. The Kier molecular flexibility index (Phi) is 3.19. The maximum Gasteiger partial charge on any atom is 0.344 e. The zero-order chi connectivity index (χ0) is 12.6. The summed E-state index contributed by atoms with van der Waals surface area (Å²) in [5.74, 6) is -0.420. The van der Waals surface area contributed by atoms with E-state index in [0.29, 0.717) is 5.56 Å². The molecule has 6 nitrogen and oxygen atoms in total. The van der Waals surface area contributed by atoms with E-state index in [2.05, 4.69) is 4.42 Å². The third-order valence-corrected chi connectivity index (χ3v) is 2.89. The lowest BCUT2D eigenvalue weighted by atomic mass is 10.1. The van der Waals surface area contributed by atoms with Gasteiger partial charge in [0.15, 0.2) is 0 Å². The van der Waals surface area contributed by atoms with Crippen molar-refractivity contribution in [2.75, 3.05) is 6.61 Å². The smallest absolute Gasteiger partial charge is 0.344 e. The van der Waals surface area contributed by atoms with Crippen molar-refractivity contribution in [3.8, 4) is 5.95 Å². The first-order valence-corrected chi connectivity index (χ1v) is 5.31. The Balaban J connectivity index is 2.30. The van der Waals surface area contributed by atoms with Crippen LogP contribution in [0.5, 0.6) is 5.95 Å². The minimum absolute atomic E-state index is 0.222. The van der Waals surface area contributed by atoms with Crippen molar-refractivity contribution in [1.82, 2.24) is 0 Å². The molecule has 94 valence electrons. The lowest BCUT2D eigenvalue weighted by Crippen LogP contribution is -2.24. The topological polar surface area (TPSA) is 100 Å². The molecule has 3 unspecified atom stereocenters. The van der Waals surface area contributed by atoms with Gasteiger partial charge in [-0.1, -0.05) is 0 Å². The molecule has 3 atom stereocenters. The van der Waals surface area contributed by atoms with Gasteiger partial charge in [0.25, 0.3) is 5.95 Å². The van der Waals surface area contributed by atoms with Gasteiger partial charge >= 0.3 is 5.63 Å². The second kappa shape index (κ2) is 4.48. The van der Waals surface area contributed by atoms with Gasteiger partial charge in [-0.25, -0.2) is 4.79 Å². The highest BCUT2D eigenvalue weighted by Gasteiger charge is 2.36. The average Bonchev–Trinajstić information content (AvgIpc) is 2.65. The number of hydrogen-bond acceptors (Lipinski definition) is 6. The van der Waals surface area contributed by atoms with Crippen LogP contribution in [0.4, 0.5) is 0 Å². The number of rotatable bonds is 2. The number of aromatic hydroxyl groups is 1. The zero-order valence-electron chi connectivity index (χ0n) is 9.29. The summed E-state index contributed by atoms with van der Waals surface area (Å²) in [4.78, 5) is 11.5. The molecule has 2 heterocycles. The van der Waals surface area contributed by atoms with Crippen LogP contribution in [0.2, 0.25) is 0 Å². The predicted molar refractivity (Wildman–Crippen MR) is 56.7 cm³/mol. The number of ether oxygens (including phenoxy) is 1. The molecule has 1 aliphatic heterocycles. The van der Waals surface area contributed by atoms with Crippen LogP contribution in [-0.4, -0.2) is 34.1 Å². The molecule has 1 aliphatic rings. The van der Waals surface area contributed by atoms with Gasteiger partial charge in [-0.05, 0) is 13.0 Å². The first-order valence-electron chi connectivity index (χ1n) is 5.31. The third kappa shape index (κ3) is 2.19. The molecule has 17 heavy (non-hydrogen) atoms. The Morgan fingerprint density at radius 3 is 2.82 bits per heavy atom. The molecule has 1 aromatic rings. The molecule has 1 fully saturated rings. The largest absolute Gasteiger partial charge is 0.480 e. The Hall–Kier alpha value is -1.37. The Labute approximate surface area is 97.1 Å². The van der Waals surface area contributed by atoms with Crippen LogP contribution in [0.1, 0.15) is 23.7 Å². The van der Waals surface area contributed by atoms with Crippen LogP contribution in [0.15, 0.2) is 15.3 Å². The van der Waals surface area contributed by atoms with Crippen LogP contribution in [0, 0.1) is 6.92 Å². The highest BCUT2D eigenvalue weighted by molar-refractivity contribution is 5.26. The van der Waals surface area contributed by atoms with E-state index in [1.54, 1.807) is 6.92 Å². The average molecular weight is 242 g/mol. The molecule has 0 radical (unpaired) electrons. The highest BCUT2D eigenvalue weighted by Crippen LogP contribution is 2.32. The molecule has 2 rings (SSSR count). The Bertz CT molecular complexity index is 466. The normalized spacial score (nSPS) is 28.5. The standard InChI is InChI=1S/C11H14O6/c1-5-2-6(11(15)17-10(5)14)8-3-7(13)9(4-12)16-8/h2,7-9,12-14H,3-4H2,1H3. The van der Waals surface area contributed by atoms with Crippen LogP contribution in [-0.2, 0) is 4.74 Å². The zero-order valence-corrected chi connectivity index (χ0v) is 9.29. The summed E-state index contributed by atoms with van der Waals surface area (Å²) in [5.41, 5.74) is -0.0238. The van der Waals surface area contributed by atoms with Gasteiger partial charge in [0.2, 0.25) is 0 Å². The quantitative estimate of drug-likeness (QED) is 0.666. The Morgan fingerprint density at radius 2 is 2.24 bits per heavy atom. The summed E-state index contributed by atoms with van der Waals surface area (Å²) in [6.07, 6.45) is -1.88. The van der Waals surface area contributed by atoms with Gasteiger partial charge in [-0.15, -0.1) is 0 Å². The monoisotopic (exact) mass is 242 g/mol. The predicted octanol–water partition coefficient (Wildman–Crippen LogP) is -0.163.